The maximum atomic E-state index is 11.6. The summed E-state index contributed by atoms with van der Waals surface area (Å²) in [4.78, 5) is 11.6. The van der Waals surface area contributed by atoms with Gasteiger partial charge in [0.1, 0.15) is 0 Å². The van der Waals surface area contributed by atoms with E-state index in [9.17, 15) is 4.79 Å². The number of benzene rings is 2. The van der Waals surface area contributed by atoms with Crippen molar-refractivity contribution < 1.29 is 19.0 Å². The molecule has 0 aromatic heterocycles. The first-order valence-electron chi connectivity index (χ1n) is 5.95. The average Bonchev–Trinajstić information content (AvgIpc) is 2.49. The molecular weight excluding hydrogens is 258 g/mol. The van der Waals surface area contributed by atoms with Crippen LogP contribution in [0.1, 0.15) is 10.4 Å². The Morgan fingerprint density at radius 2 is 1.60 bits per heavy atom. The van der Waals surface area contributed by atoms with Crippen LogP contribution in [0.15, 0.2) is 42.5 Å². The molecule has 104 valence electrons. The minimum Gasteiger partial charge on any atom is -0.493 e. The minimum atomic E-state index is -0.507. The lowest BCUT2D eigenvalue weighted by molar-refractivity contribution is 0.0601. The number of hydrogen-bond acceptors (Lipinski definition) is 5. The maximum Gasteiger partial charge on any atom is 0.340 e. The van der Waals surface area contributed by atoms with Crippen molar-refractivity contribution in [2.45, 2.75) is 0 Å². The fourth-order valence-electron chi connectivity index (χ4n) is 1.74. The molecule has 0 fully saturated rings. The van der Waals surface area contributed by atoms with E-state index in [0.29, 0.717) is 17.2 Å². The van der Waals surface area contributed by atoms with Gasteiger partial charge in [0.15, 0.2) is 17.2 Å². The predicted molar refractivity (Wildman–Crippen MR) is 75.3 cm³/mol. The average molecular weight is 273 g/mol. The highest BCUT2D eigenvalue weighted by atomic mass is 16.5. The lowest BCUT2D eigenvalue weighted by Crippen LogP contribution is -2.06. The summed E-state index contributed by atoms with van der Waals surface area (Å²) in [6, 6.07) is 12.1. The molecular formula is C15H15NO4. The topological polar surface area (TPSA) is 70.8 Å². The predicted octanol–water partition coefficient (Wildman–Crippen LogP) is 2.86. The fraction of sp³-hybridized carbons (Fsp3) is 0.133. The minimum absolute atomic E-state index is 0.227. The summed E-state index contributed by atoms with van der Waals surface area (Å²) in [6.07, 6.45) is 0. The van der Waals surface area contributed by atoms with E-state index in [1.807, 2.05) is 12.1 Å². The van der Waals surface area contributed by atoms with Crippen molar-refractivity contribution >= 4 is 11.7 Å². The Bertz CT molecular complexity index is 625. The number of esters is 1. The Morgan fingerprint density at radius 3 is 2.25 bits per heavy atom. The molecule has 5 heteroatoms. The first-order valence-corrected chi connectivity index (χ1v) is 5.95. The molecule has 0 aliphatic carbocycles. The van der Waals surface area contributed by atoms with E-state index in [4.69, 9.17) is 15.2 Å². The molecule has 0 aliphatic rings. The SMILES string of the molecule is COC(=O)c1cccc(Oc2ccccc2OC)c1N. The second-order valence-electron chi connectivity index (χ2n) is 3.96. The first kappa shape index (κ1) is 13.7. The van der Waals surface area contributed by atoms with Crippen LogP contribution in [0.3, 0.4) is 0 Å². The monoisotopic (exact) mass is 273 g/mol. The number of nitrogen functional groups attached to an aromatic ring is 1. The summed E-state index contributed by atoms with van der Waals surface area (Å²) in [5.74, 6) is 0.962. The van der Waals surface area contributed by atoms with Crippen molar-refractivity contribution in [2.24, 2.45) is 0 Å². The van der Waals surface area contributed by atoms with Crippen molar-refractivity contribution in [1.82, 2.24) is 0 Å². The molecule has 20 heavy (non-hydrogen) atoms. The normalized spacial score (nSPS) is 9.90. The van der Waals surface area contributed by atoms with Crippen LogP contribution >= 0.6 is 0 Å². The molecule has 5 nitrogen and oxygen atoms in total. The molecule has 2 aromatic rings. The summed E-state index contributed by atoms with van der Waals surface area (Å²) in [7, 11) is 2.85. The molecule has 0 amide bonds. The van der Waals surface area contributed by atoms with E-state index in [1.165, 1.54) is 7.11 Å². The van der Waals surface area contributed by atoms with Crippen LogP contribution in [0, 0.1) is 0 Å². The summed E-state index contributed by atoms with van der Waals surface area (Å²) < 4.78 is 15.6. The summed E-state index contributed by atoms with van der Waals surface area (Å²) in [6.45, 7) is 0. The number of para-hydroxylation sites is 3. The number of ether oxygens (including phenoxy) is 3. The number of carbonyl (C=O) groups excluding carboxylic acids is 1. The lowest BCUT2D eigenvalue weighted by Gasteiger charge is -2.13. The first-order chi connectivity index (χ1) is 9.67. The summed E-state index contributed by atoms with van der Waals surface area (Å²) >= 11 is 0. The van der Waals surface area contributed by atoms with Crippen LogP contribution in [-0.4, -0.2) is 20.2 Å². The van der Waals surface area contributed by atoms with Crippen molar-refractivity contribution in [2.75, 3.05) is 20.0 Å². The van der Waals surface area contributed by atoms with Gasteiger partial charge in [-0.3, -0.25) is 0 Å². The fourth-order valence-corrected chi connectivity index (χ4v) is 1.74. The van der Waals surface area contributed by atoms with Gasteiger partial charge in [-0.05, 0) is 24.3 Å². The number of hydrogen-bond donors (Lipinski definition) is 1. The van der Waals surface area contributed by atoms with E-state index in [-0.39, 0.29) is 11.3 Å². The molecule has 0 bridgehead atoms. The molecule has 0 radical (unpaired) electrons. The molecule has 2 rings (SSSR count). The van der Waals surface area contributed by atoms with Gasteiger partial charge in [0.05, 0.1) is 25.5 Å². The number of rotatable bonds is 4. The maximum absolute atomic E-state index is 11.6. The highest BCUT2D eigenvalue weighted by Crippen LogP contribution is 2.35. The highest BCUT2D eigenvalue weighted by molar-refractivity contribution is 5.96. The molecule has 0 aliphatic heterocycles. The number of anilines is 1. The van der Waals surface area contributed by atoms with Crippen molar-refractivity contribution in [3.63, 3.8) is 0 Å². The Hall–Kier alpha value is -2.69. The van der Waals surface area contributed by atoms with Crippen LogP contribution in [0.2, 0.25) is 0 Å². The van der Waals surface area contributed by atoms with E-state index < -0.39 is 5.97 Å². The Morgan fingerprint density at radius 1 is 0.950 bits per heavy atom. The summed E-state index contributed by atoms with van der Waals surface area (Å²) in [5, 5.41) is 0. The van der Waals surface area contributed by atoms with Gasteiger partial charge < -0.3 is 19.9 Å². The molecule has 0 unspecified atom stereocenters. The quantitative estimate of drug-likeness (QED) is 0.685. The second kappa shape index (κ2) is 5.97. The number of carbonyl (C=O) groups is 1. The lowest BCUT2D eigenvalue weighted by atomic mass is 10.1. The highest BCUT2D eigenvalue weighted by Gasteiger charge is 2.15. The zero-order valence-electron chi connectivity index (χ0n) is 11.3. The molecule has 0 atom stereocenters. The molecule has 0 saturated carbocycles. The van der Waals surface area contributed by atoms with Crippen LogP contribution < -0.4 is 15.2 Å². The number of nitrogens with two attached hydrogens (primary N) is 1. The Balaban J connectivity index is 2.37. The third-order valence-corrected chi connectivity index (χ3v) is 2.76. The zero-order chi connectivity index (χ0) is 14.5. The third kappa shape index (κ3) is 2.66. The largest absolute Gasteiger partial charge is 0.493 e. The van der Waals surface area contributed by atoms with Crippen molar-refractivity contribution in [1.29, 1.82) is 0 Å². The van der Waals surface area contributed by atoms with Gasteiger partial charge in [-0.15, -0.1) is 0 Å². The third-order valence-electron chi connectivity index (χ3n) is 2.76. The van der Waals surface area contributed by atoms with Crippen LogP contribution in [-0.2, 0) is 4.74 Å². The second-order valence-corrected chi connectivity index (χ2v) is 3.96. The van der Waals surface area contributed by atoms with E-state index in [0.717, 1.165) is 0 Å². The van der Waals surface area contributed by atoms with Gasteiger partial charge >= 0.3 is 5.97 Å². The van der Waals surface area contributed by atoms with Crippen LogP contribution in [0.5, 0.6) is 17.2 Å². The number of methoxy groups -OCH3 is 2. The van der Waals surface area contributed by atoms with Gasteiger partial charge in [-0.2, -0.15) is 0 Å². The Kier molecular flexibility index (Phi) is 4.10. The molecule has 0 spiro atoms. The molecule has 0 heterocycles. The van der Waals surface area contributed by atoms with Gasteiger partial charge in [0.25, 0.3) is 0 Å². The summed E-state index contributed by atoms with van der Waals surface area (Å²) in [5.41, 5.74) is 6.42. The van der Waals surface area contributed by atoms with Crippen molar-refractivity contribution in [3.8, 4) is 17.2 Å². The smallest absolute Gasteiger partial charge is 0.340 e. The van der Waals surface area contributed by atoms with E-state index in [1.54, 1.807) is 37.4 Å². The zero-order valence-corrected chi connectivity index (χ0v) is 11.3. The van der Waals surface area contributed by atoms with Gasteiger partial charge in [0, 0.05) is 0 Å². The standard InChI is InChI=1S/C15H15NO4/c1-18-11-7-3-4-8-12(11)20-13-9-5-6-10(14(13)16)15(17)19-2/h3-9H,16H2,1-2H3. The van der Waals surface area contributed by atoms with Gasteiger partial charge in [0.2, 0.25) is 0 Å². The van der Waals surface area contributed by atoms with E-state index in [2.05, 4.69) is 4.74 Å². The van der Waals surface area contributed by atoms with E-state index >= 15 is 0 Å². The van der Waals surface area contributed by atoms with Gasteiger partial charge in [-0.1, -0.05) is 18.2 Å². The molecule has 0 saturated heterocycles. The van der Waals surface area contributed by atoms with Crippen LogP contribution in [0.4, 0.5) is 5.69 Å². The van der Waals surface area contributed by atoms with Crippen LogP contribution in [0.25, 0.3) is 0 Å². The Labute approximate surface area is 116 Å². The van der Waals surface area contributed by atoms with Crippen molar-refractivity contribution in [3.05, 3.63) is 48.0 Å². The van der Waals surface area contributed by atoms with Gasteiger partial charge in [-0.25, -0.2) is 4.79 Å². The molecule has 2 N–H and O–H groups in total. The molecule has 2 aromatic carbocycles.